The van der Waals surface area contributed by atoms with Gasteiger partial charge in [0.2, 0.25) is 5.13 Å². The van der Waals surface area contributed by atoms with E-state index in [4.69, 9.17) is 5.10 Å². The number of hydrogen-bond donors (Lipinski definition) is 1. The highest BCUT2D eigenvalue weighted by Gasteiger charge is 2.30. The van der Waals surface area contributed by atoms with E-state index >= 15 is 0 Å². The van der Waals surface area contributed by atoms with Crippen LogP contribution < -0.4 is 10.3 Å². The molecule has 1 aromatic heterocycles. The summed E-state index contributed by atoms with van der Waals surface area (Å²) in [5.41, 5.74) is 10.3. The number of nitrogens with one attached hydrogen (secondary N) is 1. The maximum Gasteiger partial charge on any atom is 0.203 e. The van der Waals surface area contributed by atoms with Crippen LogP contribution in [0.25, 0.3) is 11.3 Å². The topological polar surface area (TPSA) is 40.5 Å². The van der Waals surface area contributed by atoms with Gasteiger partial charge in [-0.1, -0.05) is 78.9 Å². The smallest absolute Gasteiger partial charge is 0.203 e. The average Bonchev–Trinajstić information content (AvgIpc) is 3.44. The first-order valence-electron chi connectivity index (χ1n) is 10.5. The first kappa shape index (κ1) is 19.5. The summed E-state index contributed by atoms with van der Waals surface area (Å²) >= 11 is 1.58. The van der Waals surface area contributed by atoms with Gasteiger partial charge in [0.15, 0.2) is 0 Å². The van der Waals surface area contributed by atoms with Crippen LogP contribution in [-0.2, 0) is 6.54 Å². The Bertz CT molecular complexity index is 1180. The Balaban J connectivity index is 1.33. The molecule has 154 valence electrons. The van der Waals surface area contributed by atoms with Crippen molar-refractivity contribution in [1.29, 1.82) is 0 Å². The molecule has 1 aliphatic rings. The molecule has 0 spiro atoms. The number of benzene rings is 3. The fourth-order valence-electron chi connectivity index (χ4n) is 4.08. The van der Waals surface area contributed by atoms with Crippen molar-refractivity contribution in [2.24, 2.45) is 5.10 Å². The van der Waals surface area contributed by atoms with Crippen molar-refractivity contribution in [3.63, 3.8) is 0 Å². The molecule has 1 atom stereocenters. The zero-order valence-corrected chi connectivity index (χ0v) is 18.2. The number of aromatic nitrogens is 1. The lowest BCUT2D eigenvalue weighted by atomic mass is 9.97. The van der Waals surface area contributed by atoms with Gasteiger partial charge in [-0.2, -0.15) is 5.10 Å². The normalized spacial score (nSPS) is 15.7. The van der Waals surface area contributed by atoms with Gasteiger partial charge in [-0.25, -0.2) is 4.98 Å². The molecule has 4 aromatic rings. The Morgan fingerprint density at radius 2 is 1.71 bits per heavy atom. The Morgan fingerprint density at radius 1 is 1.00 bits per heavy atom. The SMILES string of the molecule is C/C(=N\Nc1nc(-c2ccccc2)cs1)C1CN(Cc2ccccc2)c2ccccc21. The minimum atomic E-state index is 0.265. The number of fused-ring (bicyclic) bond motifs is 1. The molecule has 2 heterocycles. The predicted octanol–water partition coefficient (Wildman–Crippen LogP) is 6.40. The lowest BCUT2D eigenvalue weighted by Crippen LogP contribution is -2.23. The van der Waals surface area contributed by atoms with Crippen LogP contribution in [-0.4, -0.2) is 17.2 Å². The van der Waals surface area contributed by atoms with Gasteiger partial charge in [0.05, 0.1) is 5.69 Å². The molecule has 1 aliphatic heterocycles. The van der Waals surface area contributed by atoms with Gasteiger partial charge in [0.25, 0.3) is 0 Å². The Kier molecular flexibility index (Phi) is 5.50. The highest BCUT2D eigenvalue weighted by Crippen LogP contribution is 2.38. The zero-order chi connectivity index (χ0) is 21.0. The van der Waals surface area contributed by atoms with E-state index in [1.807, 2.05) is 18.2 Å². The summed E-state index contributed by atoms with van der Waals surface area (Å²) in [6.07, 6.45) is 0. The molecule has 0 saturated heterocycles. The Labute approximate surface area is 186 Å². The maximum atomic E-state index is 4.71. The van der Waals surface area contributed by atoms with Crippen LogP contribution in [0, 0.1) is 0 Å². The average molecular weight is 425 g/mol. The van der Waals surface area contributed by atoms with Crippen LogP contribution in [0.5, 0.6) is 0 Å². The second-order valence-corrected chi connectivity index (χ2v) is 8.60. The fourth-order valence-corrected chi connectivity index (χ4v) is 4.74. The second kappa shape index (κ2) is 8.74. The number of para-hydroxylation sites is 1. The summed E-state index contributed by atoms with van der Waals surface area (Å²) in [6, 6.07) is 29.5. The van der Waals surface area contributed by atoms with Crippen LogP contribution >= 0.6 is 11.3 Å². The standard InChI is InChI=1S/C26H24N4S/c1-19(28-29-26-27-24(18-31-26)21-12-6-3-7-13-21)23-17-30(16-20-10-4-2-5-11-20)25-15-9-8-14-22(23)25/h2-15,18,23H,16-17H2,1H3,(H,27,29)/b28-19+. The molecule has 0 radical (unpaired) electrons. The quantitative estimate of drug-likeness (QED) is 0.287. The van der Waals surface area contributed by atoms with Gasteiger partial charge in [-0.3, -0.25) is 5.43 Å². The highest BCUT2D eigenvalue weighted by atomic mass is 32.1. The van der Waals surface area contributed by atoms with Crippen molar-refractivity contribution in [3.8, 4) is 11.3 Å². The molecule has 4 nitrogen and oxygen atoms in total. The Morgan fingerprint density at radius 3 is 2.52 bits per heavy atom. The number of thiazole rings is 1. The van der Waals surface area contributed by atoms with E-state index in [-0.39, 0.29) is 5.92 Å². The van der Waals surface area contributed by atoms with E-state index in [0.717, 1.165) is 35.2 Å². The third-order valence-electron chi connectivity index (χ3n) is 5.68. The summed E-state index contributed by atoms with van der Waals surface area (Å²) in [5, 5.41) is 7.59. The van der Waals surface area contributed by atoms with E-state index in [1.54, 1.807) is 11.3 Å². The molecule has 0 amide bonds. The lowest BCUT2D eigenvalue weighted by molar-refractivity contribution is 0.805. The summed E-state index contributed by atoms with van der Waals surface area (Å²) in [6.45, 7) is 3.94. The van der Waals surface area contributed by atoms with Crippen LogP contribution in [0.15, 0.2) is 95.4 Å². The predicted molar refractivity (Wildman–Crippen MR) is 131 cm³/mol. The maximum absolute atomic E-state index is 4.71. The van der Waals surface area contributed by atoms with Gasteiger partial charge in [-0.05, 0) is 24.1 Å². The first-order chi connectivity index (χ1) is 15.3. The second-order valence-electron chi connectivity index (χ2n) is 7.75. The van der Waals surface area contributed by atoms with Gasteiger partial charge in [0, 0.05) is 41.4 Å². The fraction of sp³-hybridized carbons (Fsp3) is 0.154. The molecule has 31 heavy (non-hydrogen) atoms. The van der Waals surface area contributed by atoms with Crippen molar-refractivity contribution in [3.05, 3.63) is 101 Å². The summed E-state index contributed by atoms with van der Waals surface area (Å²) in [5.74, 6) is 0.265. The number of nitrogens with zero attached hydrogens (tertiary/aromatic N) is 3. The Hall–Kier alpha value is -3.44. The molecular weight excluding hydrogens is 400 g/mol. The number of hydrogen-bond acceptors (Lipinski definition) is 5. The van der Waals surface area contributed by atoms with Crippen molar-refractivity contribution < 1.29 is 0 Å². The third-order valence-corrected chi connectivity index (χ3v) is 6.42. The zero-order valence-electron chi connectivity index (χ0n) is 17.4. The van der Waals surface area contributed by atoms with Crippen molar-refractivity contribution in [2.45, 2.75) is 19.4 Å². The van der Waals surface area contributed by atoms with Crippen molar-refractivity contribution in [1.82, 2.24) is 4.98 Å². The molecule has 3 aromatic carbocycles. The highest BCUT2D eigenvalue weighted by molar-refractivity contribution is 7.14. The van der Waals surface area contributed by atoms with E-state index in [2.05, 4.69) is 94.3 Å². The van der Waals surface area contributed by atoms with Gasteiger partial charge in [0.1, 0.15) is 0 Å². The van der Waals surface area contributed by atoms with E-state index in [1.165, 1.54) is 16.8 Å². The number of anilines is 2. The molecule has 5 rings (SSSR count). The van der Waals surface area contributed by atoms with E-state index in [9.17, 15) is 0 Å². The van der Waals surface area contributed by atoms with Gasteiger partial charge in [-0.15, -0.1) is 11.3 Å². The van der Waals surface area contributed by atoms with Crippen LogP contribution in [0.3, 0.4) is 0 Å². The van der Waals surface area contributed by atoms with Crippen LogP contribution in [0.1, 0.15) is 24.0 Å². The van der Waals surface area contributed by atoms with Crippen molar-refractivity contribution in [2.75, 3.05) is 16.9 Å². The summed E-state index contributed by atoms with van der Waals surface area (Å²) < 4.78 is 0. The van der Waals surface area contributed by atoms with Crippen molar-refractivity contribution >= 4 is 27.9 Å². The third kappa shape index (κ3) is 4.23. The minimum Gasteiger partial charge on any atom is -0.366 e. The lowest BCUT2D eigenvalue weighted by Gasteiger charge is -2.20. The molecular formula is C26H24N4S. The van der Waals surface area contributed by atoms with Gasteiger partial charge >= 0.3 is 0 Å². The molecule has 1 unspecified atom stereocenters. The van der Waals surface area contributed by atoms with E-state index < -0.39 is 0 Å². The molecule has 5 heteroatoms. The molecule has 1 N–H and O–H groups in total. The molecule has 0 saturated carbocycles. The van der Waals surface area contributed by atoms with E-state index in [0.29, 0.717) is 0 Å². The van der Waals surface area contributed by atoms with Crippen LogP contribution in [0.4, 0.5) is 10.8 Å². The molecule has 0 bridgehead atoms. The minimum absolute atomic E-state index is 0.265. The van der Waals surface area contributed by atoms with Gasteiger partial charge < -0.3 is 4.90 Å². The summed E-state index contributed by atoms with van der Waals surface area (Å²) in [4.78, 5) is 7.13. The largest absolute Gasteiger partial charge is 0.366 e. The monoisotopic (exact) mass is 424 g/mol. The molecule has 0 fully saturated rings. The first-order valence-corrected chi connectivity index (χ1v) is 11.3. The number of rotatable bonds is 6. The summed E-state index contributed by atoms with van der Waals surface area (Å²) in [7, 11) is 0. The van der Waals surface area contributed by atoms with Crippen LogP contribution in [0.2, 0.25) is 0 Å². The number of hydrazone groups is 1. The molecule has 0 aliphatic carbocycles.